The molecule has 6 nitrogen and oxygen atoms in total. The molecule has 1 N–H and O–H groups in total. The number of carbonyl (C=O) groups excluding carboxylic acids is 1. The van der Waals surface area contributed by atoms with Crippen LogP contribution in [0.5, 0.6) is 11.5 Å². The summed E-state index contributed by atoms with van der Waals surface area (Å²) in [5.41, 5.74) is 0.987. The molecule has 0 aliphatic heterocycles. The summed E-state index contributed by atoms with van der Waals surface area (Å²) < 4.78 is 31.9. The van der Waals surface area contributed by atoms with Gasteiger partial charge in [0.2, 0.25) is 15.9 Å². The number of ether oxygens (including phenoxy) is 1. The molecule has 0 bridgehead atoms. The third-order valence-corrected chi connectivity index (χ3v) is 7.15. The summed E-state index contributed by atoms with van der Waals surface area (Å²) in [6.07, 6.45) is 1.08. The smallest absolute Gasteiger partial charge is 0.245 e. The van der Waals surface area contributed by atoms with Gasteiger partial charge in [0.15, 0.2) is 0 Å². The fourth-order valence-corrected chi connectivity index (χ4v) is 5.08. The molecule has 0 fully saturated rings. The Kier molecular flexibility index (Phi) is 7.74. The lowest BCUT2D eigenvalue weighted by atomic mass is 10.3. The molecule has 178 valence electrons. The maximum Gasteiger partial charge on any atom is 0.245 e. The molecule has 0 saturated carbocycles. The Morgan fingerprint density at radius 2 is 1.37 bits per heavy atom. The van der Waals surface area contributed by atoms with Crippen molar-refractivity contribution in [3.05, 3.63) is 109 Å². The topological polar surface area (TPSA) is 75.7 Å². The predicted octanol–water partition coefficient (Wildman–Crippen LogP) is 6.03. The summed E-state index contributed by atoms with van der Waals surface area (Å²) >= 11 is 1.52. The number of amides is 1. The number of sulfonamides is 1. The molecule has 0 saturated heterocycles. The second-order valence-electron chi connectivity index (χ2n) is 7.64. The molecule has 0 unspecified atom stereocenters. The predicted molar refractivity (Wildman–Crippen MR) is 141 cm³/mol. The van der Waals surface area contributed by atoms with Crippen LogP contribution < -0.4 is 14.4 Å². The fraction of sp³-hybridized carbons (Fsp3) is 0.0741. The van der Waals surface area contributed by atoms with Gasteiger partial charge in [0, 0.05) is 9.79 Å². The number of hydrogen-bond acceptors (Lipinski definition) is 5. The van der Waals surface area contributed by atoms with Gasteiger partial charge in [0.05, 0.1) is 17.6 Å². The lowest BCUT2D eigenvalue weighted by Crippen LogP contribution is -2.37. The number of para-hydroxylation sites is 2. The van der Waals surface area contributed by atoms with E-state index < -0.39 is 15.9 Å². The van der Waals surface area contributed by atoms with Gasteiger partial charge < -0.3 is 10.1 Å². The van der Waals surface area contributed by atoms with E-state index in [1.807, 2.05) is 78.9 Å². The van der Waals surface area contributed by atoms with Crippen molar-refractivity contribution in [1.29, 1.82) is 0 Å². The summed E-state index contributed by atoms with van der Waals surface area (Å²) in [7, 11) is -3.71. The highest BCUT2D eigenvalue weighted by Crippen LogP contribution is 2.33. The highest BCUT2D eigenvalue weighted by molar-refractivity contribution is 7.99. The standard InChI is InChI=1S/C27H24N2O4S2/c1-35(31,32)29(21-16-18-23(19-17-21)33-22-10-4-2-5-11-22)20-27(30)28-25-14-8-9-15-26(25)34-24-12-6-3-7-13-24/h2-19H,20H2,1H3,(H,28,30). The van der Waals surface area contributed by atoms with Gasteiger partial charge >= 0.3 is 0 Å². The molecule has 0 aromatic heterocycles. The molecule has 0 radical (unpaired) electrons. The molecular formula is C27H24N2O4S2. The van der Waals surface area contributed by atoms with Crippen molar-refractivity contribution in [3.63, 3.8) is 0 Å². The van der Waals surface area contributed by atoms with Crippen molar-refractivity contribution in [1.82, 2.24) is 0 Å². The number of rotatable bonds is 9. The number of hydrogen-bond donors (Lipinski definition) is 1. The van der Waals surface area contributed by atoms with Crippen LogP contribution >= 0.6 is 11.8 Å². The molecule has 4 aromatic carbocycles. The Morgan fingerprint density at radius 3 is 2.03 bits per heavy atom. The zero-order valence-electron chi connectivity index (χ0n) is 19.0. The first-order valence-corrected chi connectivity index (χ1v) is 13.5. The second-order valence-corrected chi connectivity index (χ2v) is 10.7. The number of anilines is 2. The van der Waals surface area contributed by atoms with Crippen molar-refractivity contribution < 1.29 is 17.9 Å². The van der Waals surface area contributed by atoms with E-state index in [0.29, 0.717) is 22.9 Å². The van der Waals surface area contributed by atoms with Gasteiger partial charge in [0.25, 0.3) is 0 Å². The Labute approximate surface area is 209 Å². The first-order chi connectivity index (χ1) is 16.9. The third kappa shape index (κ3) is 6.88. The average Bonchev–Trinajstić information content (AvgIpc) is 2.85. The molecular weight excluding hydrogens is 480 g/mol. The lowest BCUT2D eigenvalue weighted by Gasteiger charge is -2.22. The van der Waals surface area contributed by atoms with Crippen LogP contribution in [0.15, 0.2) is 119 Å². The zero-order chi connectivity index (χ0) is 24.7. The molecule has 0 aliphatic carbocycles. The van der Waals surface area contributed by atoms with Crippen LogP contribution in [0.2, 0.25) is 0 Å². The van der Waals surface area contributed by atoms with Gasteiger partial charge in [-0.15, -0.1) is 0 Å². The van der Waals surface area contributed by atoms with Crippen LogP contribution in [0.25, 0.3) is 0 Å². The summed E-state index contributed by atoms with van der Waals surface area (Å²) in [6.45, 7) is -0.359. The summed E-state index contributed by atoms with van der Waals surface area (Å²) in [5.74, 6) is 0.789. The molecule has 4 rings (SSSR count). The highest BCUT2D eigenvalue weighted by atomic mass is 32.2. The van der Waals surface area contributed by atoms with Crippen molar-refractivity contribution in [2.75, 3.05) is 22.4 Å². The van der Waals surface area contributed by atoms with Gasteiger partial charge in [0.1, 0.15) is 18.0 Å². The van der Waals surface area contributed by atoms with Crippen LogP contribution in [0.1, 0.15) is 0 Å². The molecule has 4 aromatic rings. The second kappa shape index (κ2) is 11.1. The minimum absolute atomic E-state index is 0.359. The maximum absolute atomic E-state index is 12.9. The minimum atomic E-state index is -3.71. The van der Waals surface area contributed by atoms with Crippen LogP contribution in [0.3, 0.4) is 0 Å². The van der Waals surface area contributed by atoms with E-state index in [1.54, 1.807) is 30.3 Å². The first-order valence-electron chi connectivity index (χ1n) is 10.8. The molecule has 35 heavy (non-hydrogen) atoms. The van der Waals surface area contributed by atoms with Crippen LogP contribution in [-0.4, -0.2) is 27.1 Å². The third-order valence-electron chi connectivity index (χ3n) is 4.92. The maximum atomic E-state index is 12.9. The van der Waals surface area contributed by atoms with Gasteiger partial charge in [-0.3, -0.25) is 9.10 Å². The quantitative estimate of drug-likeness (QED) is 0.301. The van der Waals surface area contributed by atoms with Crippen molar-refractivity contribution in [2.24, 2.45) is 0 Å². The average molecular weight is 505 g/mol. The number of nitrogens with zero attached hydrogens (tertiary/aromatic N) is 1. The number of carbonyl (C=O) groups is 1. The summed E-state index contributed by atoms with van der Waals surface area (Å²) in [4.78, 5) is 14.8. The Hall–Kier alpha value is -3.75. The van der Waals surface area contributed by atoms with Crippen LogP contribution in [0, 0.1) is 0 Å². The van der Waals surface area contributed by atoms with E-state index in [0.717, 1.165) is 20.4 Å². The summed E-state index contributed by atoms with van der Waals surface area (Å²) in [5, 5.41) is 2.86. The number of benzene rings is 4. The first kappa shape index (κ1) is 24.4. The van der Waals surface area contributed by atoms with Crippen LogP contribution in [-0.2, 0) is 14.8 Å². The Bertz CT molecular complexity index is 1380. The lowest BCUT2D eigenvalue weighted by molar-refractivity contribution is -0.114. The van der Waals surface area contributed by atoms with Crippen molar-refractivity contribution >= 4 is 39.1 Å². The SMILES string of the molecule is CS(=O)(=O)N(CC(=O)Nc1ccccc1Sc1ccccc1)c1ccc(Oc2ccccc2)cc1. The Balaban J connectivity index is 1.48. The molecule has 8 heteroatoms. The molecule has 0 heterocycles. The van der Waals surface area contributed by atoms with Gasteiger partial charge in [-0.05, 0) is 60.7 Å². The molecule has 0 aliphatic rings. The van der Waals surface area contributed by atoms with Crippen LogP contribution in [0.4, 0.5) is 11.4 Å². The summed E-state index contributed by atoms with van der Waals surface area (Å²) in [6, 6.07) is 33.1. The van der Waals surface area contributed by atoms with E-state index in [1.165, 1.54) is 11.8 Å². The largest absolute Gasteiger partial charge is 0.457 e. The van der Waals surface area contributed by atoms with Gasteiger partial charge in [-0.1, -0.05) is 60.3 Å². The number of nitrogens with one attached hydrogen (secondary N) is 1. The normalized spacial score (nSPS) is 11.0. The van der Waals surface area contributed by atoms with E-state index in [2.05, 4.69) is 5.32 Å². The van der Waals surface area contributed by atoms with E-state index in [9.17, 15) is 13.2 Å². The van der Waals surface area contributed by atoms with E-state index >= 15 is 0 Å². The van der Waals surface area contributed by atoms with Gasteiger partial charge in [-0.25, -0.2) is 8.42 Å². The molecule has 0 spiro atoms. The fourth-order valence-electron chi connectivity index (χ4n) is 3.30. The van der Waals surface area contributed by atoms with Crippen molar-refractivity contribution in [3.8, 4) is 11.5 Å². The molecule has 1 amide bonds. The van der Waals surface area contributed by atoms with E-state index in [4.69, 9.17) is 4.74 Å². The monoisotopic (exact) mass is 504 g/mol. The van der Waals surface area contributed by atoms with Crippen molar-refractivity contribution in [2.45, 2.75) is 9.79 Å². The zero-order valence-corrected chi connectivity index (χ0v) is 20.6. The minimum Gasteiger partial charge on any atom is -0.457 e. The van der Waals surface area contributed by atoms with Gasteiger partial charge in [-0.2, -0.15) is 0 Å². The molecule has 0 atom stereocenters. The van der Waals surface area contributed by atoms with E-state index in [-0.39, 0.29) is 6.54 Å². The highest BCUT2D eigenvalue weighted by Gasteiger charge is 2.21. The Morgan fingerprint density at radius 1 is 0.800 bits per heavy atom.